The number of ether oxygens (including phenoxy) is 2. The van der Waals surface area contributed by atoms with Gasteiger partial charge in [0, 0.05) is 18.5 Å². The van der Waals surface area contributed by atoms with Gasteiger partial charge in [0.25, 0.3) is 0 Å². The largest absolute Gasteiger partial charge is 0.486 e. The number of amides is 1. The first-order valence-corrected chi connectivity index (χ1v) is 8.79. The third kappa shape index (κ3) is 5.04. The van der Waals surface area contributed by atoms with E-state index >= 15 is 0 Å². The average Bonchev–Trinajstić information content (AvgIpc) is 2.99. The molecule has 0 N–H and O–H groups in total. The molecule has 130 valence electrons. The molecule has 0 atom stereocenters. The van der Waals surface area contributed by atoms with Crippen molar-refractivity contribution in [3.8, 4) is 5.75 Å². The second-order valence-corrected chi connectivity index (χ2v) is 6.78. The lowest BCUT2D eigenvalue weighted by atomic mass is 10.2. The second-order valence-electron chi connectivity index (χ2n) is 5.84. The predicted molar refractivity (Wildman–Crippen MR) is 95.2 cm³/mol. The maximum Gasteiger partial charge on any atom is 0.249 e. The minimum Gasteiger partial charge on any atom is -0.486 e. The summed E-state index contributed by atoms with van der Waals surface area (Å²) in [5.41, 5.74) is 1.98. The summed E-state index contributed by atoms with van der Waals surface area (Å²) in [6, 6.07) is 8.01. The van der Waals surface area contributed by atoms with E-state index in [2.05, 4.69) is 4.98 Å². The molecule has 0 saturated carbocycles. The second kappa shape index (κ2) is 8.80. The molecule has 1 aromatic heterocycles. The highest BCUT2D eigenvalue weighted by atomic mass is 32.1. The van der Waals surface area contributed by atoms with Gasteiger partial charge in [-0.3, -0.25) is 4.79 Å². The maximum absolute atomic E-state index is 12.1. The fourth-order valence-corrected chi connectivity index (χ4v) is 2.98. The number of thiazole rings is 1. The van der Waals surface area contributed by atoms with Gasteiger partial charge < -0.3 is 14.4 Å². The van der Waals surface area contributed by atoms with Crippen LogP contribution >= 0.6 is 11.3 Å². The summed E-state index contributed by atoms with van der Waals surface area (Å²) < 4.78 is 10.8. The molecule has 0 unspecified atom stereocenters. The number of para-hydroxylation sites is 1. The van der Waals surface area contributed by atoms with E-state index in [1.165, 1.54) is 7.11 Å². The highest BCUT2D eigenvalue weighted by Crippen LogP contribution is 2.20. The molecule has 6 heteroatoms. The zero-order chi connectivity index (χ0) is 17.5. The number of carbonyl (C=O) groups is 1. The fourth-order valence-electron chi connectivity index (χ4n) is 2.29. The van der Waals surface area contributed by atoms with Crippen molar-refractivity contribution in [3.05, 3.63) is 45.9 Å². The van der Waals surface area contributed by atoms with E-state index in [0.29, 0.717) is 13.2 Å². The SMILES string of the molecule is COCC(=O)N(Cc1csc(COc2ccccc2C)n1)C(C)C. The van der Waals surface area contributed by atoms with Crippen LogP contribution in [0, 0.1) is 6.92 Å². The standard InChI is InChI=1S/C18H24N2O3S/c1-13(2)20(18(21)11-22-4)9-15-12-24-17(19-15)10-23-16-8-6-5-7-14(16)3/h5-8,12-13H,9-11H2,1-4H3. The molecule has 0 aliphatic heterocycles. The Bertz CT molecular complexity index is 670. The predicted octanol–water partition coefficient (Wildman–Crippen LogP) is 3.41. The zero-order valence-corrected chi connectivity index (χ0v) is 15.4. The molecule has 0 fully saturated rings. The Balaban J connectivity index is 1.97. The lowest BCUT2D eigenvalue weighted by Gasteiger charge is -2.25. The minimum atomic E-state index is -0.0294. The van der Waals surface area contributed by atoms with Crippen LogP contribution in [0.1, 0.15) is 30.1 Å². The van der Waals surface area contributed by atoms with Crippen LogP contribution in [0.5, 0.6) is 5.75 Å². The van der Waals surface area contributed by atoms with Crippen molar-refractivity contribution >= 4 is 17.2 Å². The van der Waals surface area contributed by atoms with Gasteiger partial charge in [-0.25, -0.2) is 4.98 Å². The van der Waals surface area contributed by atoms with Crippen molar-refractivity contribution in [2.45, 2.75) is 40.0 Å². The summed E-state index contributed by atoms with van der Waals surface area (Å²) in [4.78, 5) is 18.4. The molecule has 0 bridgehead atoms. The first-order valence-electron chi connectivity index (χ1n) is 7.91. The summed E-state index contributed by atoms with van der Waals surface area (Å²) in [6.07, 6.45) is 0. The minimum absolute atomic E-state index is 0.0294. The molecule has 24 heavy (non-hydrogen) atoms. The van der Waals surface area contributed by atoms with E-state index in [0.717, 1.165) is 22.0 Å². The van der Waals surface area contributed by atoms with Crippen LogP contribution < -0.4 is 4.74 Å². The van der Waals surface area contributed by atoms with Gasteiger partial charge in [0.2, 0.25) is 5.91 Å². The van der Waals surface area contributed by atoms with Gasteiger partial charge in [0.15, 0.2) is 0 Å². The van der Waals surface area contributed by atoms with Crippen molar-refractivity contribution in [1.82, 2.24) is 9.88 Å². The molecule has 5 nitrogen and oxygen atoms in total. The van der Waals surface area contributed by atoms with Crippen LogP contribution in [-0.2, 0) is 22.7 Å². The van der Waals surface area contributed by atoms with Gasteiger partial charge in [-0.2, -0.15) is 0 Å². The monoisotopic (exact) mass is 348 g/mol. The van der Waals surface area contributed by atoms with E-state index in [9.17, 15) is 4.79 Å². The van der Waals surface area contributed by atoms with E-state index in [4.69, 9.17) is 9.47 Å². The van der Waals surface area contributed by atoms with E-state index in [-0.39, 0.29) is 18.6 Å². The molecule has 0 spiro atoms. The number of hydrogen-bond acceptors (Lipinski definition) is 5. The quantitative estimate of drug-likeness (QED) is 0.733. The zero-order valence-electron chi connectivity index (χ0n) is 14.6. The highest BCUT2D eigenvalue weighted by molar-refractivity contribution is 7.09. The number of nitrogens with zero attached hydrogens (tertiary/aromatic N) is 2. The fraction of sp³-hybridized carbons (Fsp3) is 0.444. The molecule has 2 aromatic rings. The van der Waals surface area contributed by atoms with Crippen molar-refractivity contribution in [2.24, 2.45) is 0 Å². The number of benzene rings is 1. The van der Waals surface area contributed by atoms with Crippen LogP contribution in [0.2, 0.25) is 0 Å². The van der Waals surface area contributed by atoms with Crippen molar-refractivity contribution in [3.63, 3.8) is 0 Å². The Labute approximate surface area is 147 Å². The van der Waals surface area contributed by atoms with Gasteiger partial charge in [-0.15, -0.1) is 11.3 Å². The third-order valence-corrected chi connectivity index (χ3v) is 4.46. The number of aryl methyl sites for hydroxylation is 1. The Morgan fingerprint density at radius 3 is 2.75 bits per heavy atom. The Morgan fingerprint density at radius 2 is 2.08 bits per heavy atom. The molecule has 0 saturated heterocycles. The molecule has 0 aliphatic rings. The van der Waals surface area contributed by atoms with E-state index in [1.54, 1.807) is 16.2 Å². The van der Waals surface area contributed by atoms with Gasteiger partial charge >= 0.3 is 0 Å². The van der Waals surface area contributed by atoms with Gasteiger partial charge in [-0.1, -0.05) is 18.2 Å². The number of aromatic nitrogens is 1. The Morgan fingerprint density at radius 1 is 1.33 bits per heavy atom. The first kappa shape index (κ1) is 18.4. The summed E-state index contributed by atoms with van der Waals surface area (Å²) in [5, 5.41) is 2.88. The van der Waals surface area contributed by atoms with Gasteiger partial charge in [0.1, 0.15) is 24.0 Å². The number of hydrogen-bond donors (Lipinski definition) is 0. The van der Waals surface area contributed by atoms with Crippen LogP contribution in [0.4, 0.5) is 0 Å². The topological polar surface area (TPSA) is 51.7 Å². The maximum atomic E-state index is 12.1. The molecule has 1 amide bonds. The summed E-state index contributed by atoms with van der Waals surface area (Å²) in [6.45, 7) is 7.00. The van der Waals surface area contributed by atoms with Crippen LogP contribution in [-0.4, -0.2) is 35.5 Å². The molecule has 1 heterocycles. The lowest BCUT2D eigenvalue weighted by molar-refractivity contribution is -0.137. The number of methoxy groups -OCH3 is 1. The third-order valence-electron chi connectivity index (χ3n) is 3.59. The molecule has 0 aliphatic carbocycles. The van der Waals surface area contributed by atoms with Crippen LogP contribution in [0.25, 0.3) is 0 Å². The Kier molecular flexibility index (Phi) is 6.75. The molecule has 2 rings (SSSR count). The van der Waals surface area contributed by atoms with E-state index < -0.39 is 0 Å². The van der Waals surface area contributed by atoms with Crippen molar-refractivity contribution < 1.29 is 14.3 Å². The molecule has 0 radical (unpaired) electrons. The van der Waals surface area contributed by atoms with Crippen LogP contribution in [0.15, 0.2) is 29.6 Å². The number of rotatable bonds is 8. The summed E-state index contributed by atoms with van der Waals surface area (Å²) in [7, 11) is 1.53. The highest BCUT2D eigenvalue weighted by Gasteiger charge is 2.18. The first-order chi connectivity index (χ1) is 11.5. The number of carbonyl (C=O) groups excluding carboxylic acids is 1. The molecule has 1 aromatic carbocycles. The van der Waals surface area contributed by atoms with E-state index in [1.807, 2.05) is 50.4 Å². The van der Waals surface area contributed by atoms with Gasteiger partial charge in [0.05, 0.1) is 12.2 Å². The van der Waals surface area contributed by atoms with Crippen LogP contribution in [0.3, 0.4) is 0 Å². The average molecular weight is 348 g/mol. The molecular weight excluding hydrogens is 324 g/mol. The normalized spacial score (nSPS) is 10.9. The van der Waals surface area contributed by atoms with Gasteiger partial charge in [-0.05, 0) is 32.4 Å². The lowest BCUT2D eigenvalue weighted by Crippen LogP contribution is -2.38. The van der Waals surface area contributed by atoms with Crippen molar-refractivity contribution in [1.29, 1.82) is 0 Å². The summed E-state index contributed by atoms with van der Waals surface area (Å²) in [5.74, 6) is 0.839. The smallest absolute Gasteiger partial charge is 0.249 e. The molecular formula is C18H24N2O3S. The summed E-state index contributed by atoms with van der Waals surface area (Å²) >= 11 is 1.55. The Hall–Kier alpha value is -1.92. The van der Waals surface area contributed by atoms with Crippen molar-refractivity contribution in [2.75, 3.05) is 13.7 Å².